The molecular formula is C16H34N2O. The van der Waals surface area contributed by atoms with Crippen LogP contribution in [0.2, 0.25) is 0 Å². The molecule has 1 saturated carbocycles. The number of likely N-dealkylation sites (N-methyl/N-ethyl adjacent to an activating group) is 1. The molecule has 0 bridgehead atoms. The number of nitrogens with zero attached hydrogens (tertiary/aromatic N) is 1. The van der Waals surface area contributed by atoms with Gasteiger partial charge in [0.15, 0.2) is 0 Å². The van der Waals surface area contributed by atoms with Crippen molar-refractivity contribution in [1.82, 2.24) is 10.2 Å². The van der Waals surface area contributed by atoms with Gasteiger partial charge in [0.25, 0.3) is 0 Å². The van der Waals surface area contributed by atoms with Crippen molar-refractivity contribution in [3.63, 3.8) is 0 Å². The highest BCUT2D eigenvalue weighted by Gasteiger charge is 2.34. The molecule has 1 fully saturated rings. The minimum Gasteiger partial charge on any atom is -0.380 e. The van der Waals surface area contributed by atoms with Crippen LogP contribution in [0.15, 0.2) is 0 Å². The molecule has 2 unspecified atom stereocenters. The monoisotopic (exact) mass is 270 g/mol. The molecule has 2 atom stereocenters. The van der Waals surface area contributed by atoms with Crippen LogP contribution in [0, 0.1) is 11.3 Å². The zero-order valence-corrected chi connectivity index (χ0v) is 13.7. The van der Waals surface area contributed by atoms with Gasteiger partial charge in [-0.05, 0) is 51.1 Å². The van der Waals surface area contributed by atoms with Crippen LogP contribution in [0.3, 0.4) is 0 Å². The highest BCUT2D eigenvalue weighted by atomic mass is 16.5. The smallest absolute Gasteiger partial charge is 0.0593 e. The van der Waals surface area contributed by atoms with Crippen LogP contribution >= 0.6 is 0 Å². The molecular weight excluding hydrogens is 236 g/mol. The SMILES string of the molecule is CCNC1CCC(C)(C)CC1CN(C)CCOCC. The van der Waals surface area contributed by atoms with Crippen molar-refractivity contribution in [3.05, 3.63) is 0 Å². The zero-order valence-electron chi connectivity index (χ0n) is 13.7. The Hall–Kier alpha value is -0.120. The maximum atomic E-state index is 5.45. The van der Waals surface area contributed by atoms with E-state index in [9.17, 15) is 0 Å². The van der Waals surface area contributed by atoms with Crippen LogP contribution < -0.4 is 5.32 Å². The summed E-state index contributed by atoms with van der Waals surface area (Å²) in [4.78, 5) is 2.44. The number of rotatable bonds is 8. The molecule has 3 nitrogen and oxygen atoms in total. The summed E-state index contributed by atoms with van der Waals surface area (Å²) in [6.45, 7) is 14.1. The molecule has 19 heavy (non-hydrogen) atoms. The summed E-state index contributed by atoms with van der Waals surface area (Å²) < 4.78 is 5.45. The van der Waals surface area contributed by atoms with Gasteiger partial charge in [0.2, 0.25) is 0 Å². The molecule has 0 heterocycles. The Morgan fingerprint density at radius 3 is 2.68 bits per heavy atom. The van der Waals surface area contributed by atoms with Crippen LogP contribution in [-0.4, -0.2) is 50.8 Å². The summed E-state index contributed by atoms with van der Waals surface area (Å²) in [5.41, 5.74) is 0.511. The lowest BCUT2D eigenvalue weighted by Gasteiger charge is -2.42. The lowest BCUT2D eigenvalue weighted by molar-refractivity contribution is 0.0850. The van der Waals surface area contributed by atoms with E-state index in [1.165, 1.54) is 25.8 Å². The van der Waals surface area contributed by atoms with Crippen molar-refractivity contribution in [1.29, 1.82) is 0 Å². The Morgan fingerprint density at radius 2 is 2.05 bits per heavy atom. The molecule has 1 rings (SSSR count). The molecule has 0 aliphatic heterocycles. The normalized spacial score (nSPS) is 26.8. The van der Waals surface area contributed by atoms with Gasteiger partial charge in [-0.3, -0.25) is 0 Å². The van der Waals surface area contributed by atoms with Gasteiger partial charge < -0.3 is 15.0 Å². The van der Waals surface area contributed by atoms with E-state index in [2.05, 4.69) is 45.0 Å². The van der Waals surface area contributed by atoms with Gasteiger partial charge in [0.05, 0.1) is 6.61 Å². The van der Waals surface area contributed by atoms with E-state index in [4.69, 9.17) is 4.74 Å². The average molecular weight is 270 g/mol. The van der Waals surface area contributed by atoms with Crippen molar-refractivity contribution in [2.24, 2.45) is 11.3 Å². The summed E-state index contributed by atoms with van der Waals surface area (Å²) in [5, 5.41) is 3.69. The molecule has 0 aromatic carbocycles. The Balaban J connectivity index is 2.44. The molecule has 1 aliphatic carbocycles. The summed E-state index contributed by atoms with van der Waals surface area (Å²) in [5.74, 6) is 0.773. The van der Waals surface area contributed by atoms with E-state index in [-0.39, 0.29) is 0 Å². The largest absolute Gasteiger partial charge is 0.380 e. The number of hydrogen-bond donors (Lipinski definition) is 1. The van der Waals surface area contributed by atoms with Gasteiger partial charge in [-0.25, -0.2) is 0 Å². The third-order valence-corrected chi connectivity index (χ3v) is 4.35. The van der Waals surface area contributed by atoms with E-state index in [1.54, 1.807) is 0 Å². The van der Waals surface area contributed by atoms with Gasteiger partial charge in [-0.15, -0.1) is 0 Å². The van der Waals surface area contributed by atoms with Crippen molar-refractivity contribution in [3.8, 4) is 0 Å². The Labute approximate surface area is 120 Å². The minimum atomic E-state index is 0.511. The lowest BCUT2D eigenvalue weighted by atomic mass is 9.69. The molecule has 1 aliphatic rings. The molecule has 0 amide bonds. The standard InChI is InChI=1S/C16H34N2O/c1-6-17-15-8-9-16(3,4)12-14(15)13-18(5)10-11-19-7-2/h14-15,17H,6-13H2,1-5H3. The topological polar surface area (TPSA) is 24.5 Å². The van der Waals surface area contributed by atoms with Gasteiger partial charge in [0, 0.05) is 25.7 Å². The van der Waals surface area contributed by atoms with E-state index in [1.807, 2.05) is 0 Å². The van der Waals surface area contributed by atoms with E-state index < -0.39 is 0 Å². The summed E-state index contributed by atoms with van der Waals surface area (Å²) in [6, 6.07) is 0.701. The van der Waals surface area contributed by atoms with Crippen molar-refractivity contribution < 1.29 is 4.74 Å². The van der Waals surface area contributed by atoms with Crippen LogP contribution in [0.4, 0.5) is 0 Å². The zero-order chi connectivity index (χ0) is 14.3. The fraction of sp³-hybridized carbons (Fsp3) is 1.00. The van der Waals surface area contributed by atoms with Crippen LogP contribution in [0.1, 0.15) is 47.0 Å². The lowest BCUT2D eigenvalue weighted by Crippen LogP contribution is -2.47. The van der Waals surface area contributed by atoms with E-state index in [0.29, 0.717) is 11.5 Å². The number of nitrogens with one attached hydrogen (secondary N) is 1. The highest BCUT2D eigenvalue weighted by molar-refractivity contribution is 4.89. The van der Waals surface area contributed by atoms with Gasteiger partial charge in [-0.1, -0.05) is 20.8 Å². The maximum absolute atomic E-state index is 5.45. The fourth-order valence-corrected chi connectivity index (χ4v) is 3.32. The molecule has 114 valence electrons. The Bertz CT molecular complexity index is 243. The Kier molecular flexibility index (Phi) is 7.33. The quantitative estimate of drug-likeness (QED) is 0.686. The van der Waals surface area contributed by atoms with E-state index in [0.717, 1.165) is 32.2 Å². The molecule has 0 aromatic heterocycles. The molecule has 1 N–H and O–H groups in total. The molecule has 0 radical (unpaired) electrons. The first-order valence-electron chi connectivity index (χ1n) is 7.98. The van der Waals surface area contributed by atoms with Crippen LogP contribution in [0.25, 0.3) is 0 Å². The first-order chi connectivity index (χ1) is 8.98. The number of hydrogen-bond acceptors (Lipinski definition) is 3. The van der Waals surface area contributed by atoms with Crippen LogP contribution in [0.5, 0.6) is 0 Å². The minimum absolute atomic E-state index is 0.511. The average Bonchev–Trinajstić information content (AvgIpc) is 2.32. The summed E-state index contributed by atoms with van der Waals surface area (Å²) in [7, 11) is 2.23. The number of ether oxygens (including phenoxy) is 1. The van der Waals surface area contributed by atoms with Crippen LogP contribution in [-0.2, 0) is 4.74 Å². The second-order valence-corrected chi connectivity index (χ2v) is 6.79. The molecule has 0 saturated heterocycles. The predicted molar refractivity (Wildman–Crippen MR) is 82.6 cm³/mol. The first kappa shape index (κ1) is 16.9. The van der Waals surface area contributed by atoms with E-state index >= 15 is 0 Å². The second-order valence-electron chi connectivity index (χ2n) is 6.79. The summed E-state index contributed by atoms with van der Waals surface area (Å²) in [6.07, 6.45) is 4.01. The van der Waals surface area contributed by atoms with Gasteiger partial charge >= 0.3 is 0 Å². The van der Waals surface area contributed by atoms with Crippen molar-refractivity contribution in [2.45, 2.75) is 53.0 Å². The predicted octanol–water partition coefficient (Wildman–Crippen LogP) is 2.76. The Morgan fingerprint density at radius 1 is 1.32 bits per heavy atom. The fourth-order valence-electron chi connectivity index (χ4n) is 3.32. The highest BCUT2D eigenvalue weighted by Crippen LogP contribution is 2.38. The first-order valence-corrected chi connectivity index (χ1v) is 7.98. The van der Waals surface area contributed by atoms with Crippen molar-refractivity contribution >= 4 is 0 Å². The summed E-state index contributed by atoms with van der Waals surface area (Å²) >= 11 is 0. The molecule has 3 heteroatoms. The van der Waals surface area contributed by atoms with Gasteiger partial charge in [0.1, 0.15) is 0 Å². The molecule has 0 spiro atoms. The second kappa shape index (κ2) is 8.23. The third kappa shape index (κ3) is 6.24. The third-order valence-electron chi connectivity index (χ3n) is 4.35. The van der Waals surface area contributed by atoms with Crippen molar-refractivity contribution in [2.75, 3.05) is 39.9 Å². The van der Waals surface area contributed by atoms with Gasteiger partial charge in [-0.2, -0.15) is 0 Å². The maximum Gasteiger partial charge on any atom is 0.0593 e. The molecule has 0 aromatic rings.